The summed E-state index contributed by atoms with van der Waals surface area (Å²) in [5.74, 6) is 0. The Bertz CT molecular complexity index is 43.8. The molecule has 0 heterocycles. The Morgan fingerprint density at radius 3 is 2.25 bits per heavy atom. The van der Waals surface area contributed by atoms with Gasteiger partial charge in [-0.25, -0.2) is 0 Å². The highest BCUT2D eigenvalue weighted by molar-refractivity contribution is 4.30. The van der Waals surface area contributed by atoms with Gasteiger partial charge in [-0.2, -0.15) is 0 Å². The van der Waals surface area contributed by atoms with E-state index in [0.717, 1.165) is 6.54 Å². The van der Waals surface area contributed by atoms with Gasteiger partial charge in [0.05, 0.1) is 27.2 Å². The van der Waals surface area contributed by atoms with Crippen LogP contribution in [0.25, 0.3) is 0 Å². The van der Waals surface area contributed by atoms with Gasteiger partial charge in [-0.3, -0.25) is 0 Å². The topological polar surface area (TPSA) is 32.1 Å². The first-order valence-corrected chi connectivity index (χ1v) is 3.35. The molecule has 4 N–H and O–H groups in total. The van der Waals surface area contributed by atoms with E-state index in [-0.39, 0.29) is 0 Å². The van der Waals surface area contributed by atoms with E-state index in [4.69, 9.17) is 0 Å². The number of hydrogen-bond acceptors (Lipinski definition) is 0. The fraction of sp³-hybridized carbons (Fsp3) is 1.00. The van der Waals surface area contributed by atoms with Crippen LogP contribution in [0.5, 0.6) is 0 Å². The van der Waals surface area contributed by atoms with Crippen LogP contribution in [0.2, 0.25) is 0 Å². The molecule has 8 heavy (non-hydrogen) atoms. The van der Waals surface area contributed by atoms with E-state index < -0.39 is 0 Å². The van der Waals surface area contributed by atoms with Crippen LogP contribution in [-0.2, 0) is 0 Å². The van der Waals surface area contributed by atoms with Crippen molar-refractivity contribution in [2.24, 2.45) is 0 Å². The van der Waals surface area contributed by atoms with E-state index in [1.54, 1.807) is 4.90 Å². The van der Waals surface area contributed by atoms with Gasteiger partial charge in [0.1, 0.15) is 0 Å². The summed E-state index contributed by atoms with van der Waals surface area (Å²) in [6.45, 7) is 2.38. The summed E-state index contributed by atoms with van der Waals surface area (Å²) in [6, 6.07) is 0. The molecule has 0 fully saturated rings. The molecule has 0 unspecified atom stereocenters. The van der Waals surface area contributed by atoms with Crippen LogP contribution < -0.4 is 10.6 Å². The second kappa shape index (κ2) is 5.06. The monoisotopic (exact) mass is 118 g/mol. The predicted molar refractivity (Wildman–Crippen MR) is 34.7 cm³/mol. The quantitative estimate of drug-likeness (QED) is 0.406. The third-order valence-electron chi connectivity index (χ3n) is 1.18. The van der Waals surface area contributed by atoms with E-state index in [1.807, 2.05) is 0 Å². The van der Waals surface area contributed by atoms with Gasteiger partial charge in [0.25, 0.3) is 0 Å². The molecular formula is C6H18N2+2. The molecule has 0 saturated carbocycles. The standard InChI is InChI=1S/C6H16N2/c1-8(2)6-4-3-5-7/h3-7H2,1-2H3/p+2. The zero-order valence-electron chi connectivity index (χ0n) is 6.04. The maximum absolute atomic E-state index is 3.77. The molecule has 0 aliphatic heterocycles. The highest BCUT2D eigenvalue weighted by atomic mass is 15.0. The predicted octanol–water partition coefficient (Wildman–Crippen LogP) is -1.85. The van der Waals surface area contributed by atoms with Gasteiger partial charge >= 0.3 is 0 Å². The third kappa shape index (κ3) is 5.92. The number of nitrogens with one attached hydrogen (secondary N) is 1. The molecule has 0 rings (SSSR count). The van der Waals surface area contributed by atoms with E-state index in [0.29, 0.717) is 0 Å². The minimum absolute atomic E-state index is 1.09. The van der Waals surface area contributed by atoms with Gasteiger partial charge in [-0.1, -0.05) is 0 Å². The molecule has 0 amide bonds. The molecule has 0 aliphatic carbocycles. The van der Waals surface area contributed by atoms with Crippen LogP contribution in [0.3, 0.4) is 0 Å². The first-order chi connectivity index (χ1) is 3.77. The van der Waals surface area contributed by atoms with E-state index >= 15 is 0 Å². The second-order valence-corrected chi connectivity index (χ2v) is 2.52. The van der Waals surface area contributed by atoms with Crippen LogP contribution in [0.1, 0.15) is 12.8 Å². The minimum atomic E-state index is 1.09. The first kappa shape index (κ1) is 7.92. The van der Waals surface area contributed by atoms with Crippen LogP contribution in [0.4, 0.5) is 0 Å². The van der Waals surface area contributed by atoms with Gasteiger partial charge in [0, 0.05) is 12.8 Å². The average Bonchev–Trinajstić information content (AvgIpc) is 1.66. The zero-order valence-corrected chi connectivity index (χ0v) is 6.04. The van der Waals surface area contributed by atoms with Crippen LogP contribution in [0, 0.1) is 0 Å². The van der Waals surface area contributed by atoms with E-state index in [9.17, 15) is 0 Å². The summed E-state index contributed by atoms with van der Waals surface area (Å²) in [6.07, 6.45) is 2.61. The van der Waals surface area contributed by atoms with Crippen molar-refractivity contribution in [3.05, 3.63) is 0 Å². The fourth-order valence-electron chi connectivity index (χ4n) is 0.655. The SMILES string of the molecule is C[NH+](C)CCCC[NH3+]. The molecule has 0 saturated heterocycles. The summed E-state index contributed by atoms with van der Waals surface area (Å²) >= 11 is 0. The molecule has 0 atom stereocenters. The fourth-order valence-corrected chi connectivity index (χ4v) is 0.655. The molecule has 0 radical (unpaired) electrons. The van der Waals surface area contributed by atoms with Crippen LogP contribution in [0.15, 0.2) is 0 Å². The van der Waals surface area contributed by atoms with Crippen molar-refractivity contribution in [1.29, 1.82) is 0 Å². The lowest BCUT2D eigenvalue weighted by molar-refractivity contribution is -0.858. The molecule has 50 valence electrons. The normalized spacial score (nSPS) is 10.5. The number of rotatable bonds is 4. The molecule has 0 bridgehead atoms. The van der Waals surface area contributed by atoms with Crippen molar-refractivity contribution in [2.45, 2.75) is 12.8 Å². The van der Waals surface area contributed by atoms with Crippen molar-refractivity contribution < 1.29 is 10.6 Å². The van der Waals surface area contributed by atoms with Crippen molar-refractivity contribution in [1.82, 2.24) is 0 Å². The highest BCUT2D eigenvalue weighted by Gasteiger charge is 1.90. The molecular weight excluding hydrogens is 100 g/mol. The minimum Gasteiger partial charge on any atom is -0.358 e. The summed E-state index contributed by atoms with van der Waals surface area (Å²) in [4.78, 5) is 1.54. The summed E-state index contributed by atoms with van der Waals surface area (Å²) < 4.78 is 0. The van der Waals surface area contributed by atoms with Gasteiger partial charge < -0.3 is 10.6 Å². The van der Waals surface area contributed by atoms with Gasteiger partial charge in [0.2, 0.25) is 0 Å². The average molecular weight is 118 g/mol. The number of hydrogen-bond donors (Lipinski definition) is 2. The van der Waals surface area contributed by atoms with E-state index in [1.165, 1.54) is 19.4 Å². The molecule has 0 aromatic heterocycles. The molecule has 2 heteroatoms. The maximum Gasteiger partial charge on any atom is 0.0769 e. The van der Waals surface area contributed by atoms with Crippen LogP contribution in [-0.4, -0.2) is 27.2 Å². The van der Waals surface area contributed by atoms with Crippen molar-refractivity contribution in [2.75, 3.05) is 27.2 Å². The van der Waals surface area contributed by atoms with Crippen molar-refractivity contribution in [3.63, 3.8) is 0 Å². The maximum atomic E-state index is 3.77. The Morgan fingerprint density at radius 1 is 1.25 bits per heavy atom. The van der Waals surface area contributed by atoms with E-state index in [2.05, 4.69) is 19.8 Å². The van der Waals surface area contributed by atoms with Gasteiger partial charge in [-0.15, -0.1) is 0 Å². The van der Waals surface area contributed by atoms with Crippen molar-refractivity contribution in [3.8, 4) is 0 Å². The third-order valence-corrected chi connectivity index (χ3v) is 1.18. The summed E-state index contributed by atoms with van der Waals surface area (Å²) in [5, 5.41) is 0. The Labute approximate surface area is 51.7 Å². The van der Waals surface area contributed by atoms with Gasteiger partial charge in [0.15, 0.2) is 0 Å². The lowest BCUT2D eigenvalue weighted by atomic mass is 10.3. The van der Waals surface area contributed by atoms with Gasteiger partial charge in [-0.05, 0) is 0 Å². The van der Waals surface area contributed by atoms with Crippen molar-refractivity contribution >= 4 is 0 Å². The zero-order chi connectivity index (χ0) is 6.41. The summed E-state index contributed by atoms with van der Waals surface area (Å²) in [7, 11) is 4.37. The molecule has 0 aromatic carbocycles. The Kier molecular flexibility index (Phi) is 5.01. The first-order valence-electron chi connectivity index (χ1n) is 3.35. The summed E-state index contributed by atoms with van der Waals surface area (Å²) in [5.41, 5.74) is 3.77. The molecule has 2 nitrogen and oxygen atoms in total. The molecule has 0 aromatic rings. The molecule has 0 aliphatic rings. The largest absolute Gasteiger partial charge is 0.358 e. The Morgan fingerprint density at radius 2 is 1.88 bits per heavy atom. The lowest BCUT2D eigenvalue weighted by Gasteiger charge is -2.03. The lowest BCUT2D eigenvalue weighted by Crippen LogP contribution is -3.05. The molecule has 0 spiro atoms. The highest BCUT2D eigenvalue weighted by Crippen LogP contribution is 1.76. The second-order valence-electron chi connectivity index (χ2n) is 2.52. The smallest absolute Gasteiger partial charge is 0.0769 e. The van der Waals surface area contributed by atoms with Crippen LogP contribution >= 0.6 is 0 Å². The number of quaternary nitrogens is 2. The Balaban J connectivity index is 2.72. The Hall–Kier alpha value is -0.0800. The number of unbranched alkanes of at least 4 members (excludes halogenated alkanes) is 1.